The monoisotopic (exact) mass is 295 g/mol. The second-order valence-electron chi connectivity index (χ2n) is 5.78. The molecule has 1 amide bonds. The van der Waals surface area contributed by atoms with E-state index >= 15 is 0 Å². The van der Waals surface area contributed by atoms with Gasteiger partial charge in [-0.15, -0.1) is 0 Å². The zero-order chi connectivity index (χ0) is 15.4. The van der Waals surface area contributed by atoms with Crippen molar-refractivity contribution < 1.29 is 4.79 Å². The van der Waals surface area contributed by atoms with E-state index in [1.165, 1.54) is 5.56 Å². The minimum absolute atomic E-state index is 0.00218. The summed E-state index contributed by atoms with van der Waals surface area (Å²) < 4.78 is 0. The molecular weight excluding hydrogens is 274 g/mol. The Morgan fingerprint density at radius 3 is 2.82 bits per heavy atom. The summed E-state index contributed by atoms with van der Waals surface area (Å²) in [5.74, 6) is 0.124. The van der Waals surface area contributed by atoms with Crippen molar-refractivity contribution in [1.82, 2.24) is 15.2 Å². The van der Waals surface area contributed by atoms with Gasteiger partial charge in [0.2, 0.25) is 5.91 Å². The Labute approximate surface area is 131 Å². The molecule has 1 aliphatic heterocycles. The van der Waals surface area contributed by atoms with E-state index in [4.69, 9.17) is 0 Å². The molecule has 1 atom stereocenters. The Morgan fingerprint density at radius 1 is 1.32 bits per heavy atom. The summed E-state index contributed by atoms with van der Waals surface area (Å²) >= 11 is 0. The van der Waals surface area contributed by atoms with Gasteiger partial charge in [-0.25, -0.2) is 0 Å². The van der Waals surface area contributed by atoms with E-state index in [2.05, 4.69) is 27.3 Å². The van der Waals surface area contributed by atoms with Gasteiger partial charge in [0.1, 0.15) is 0 Å². The Morgan fingerprint density at radius 2 is 2.14 bits per heavy atom. The van der Waals surface area contributed by atoms with E-state index in [1.54, 1.807) is 6.20 Å². The molecule has 1 saturated heterocycles. The summed E-state index contributed by atoms with van der Waals surface area (Å²) in [7, 11) is 0. The fraction of sp³-hybridized carbons (Fsp3) is 0.333. The molecule has 1 aliphatic rings. The first-order chi connectivity index (χ1) is 10.7. The summed E-state index contributed by atoms with van der Waals surface area (Å²) in [6, 6.07) is 12.3. The van der Waals surface area contributed by atoms with Crippen LogP contribution >= 0.6 is 0 Å². The summed E-state index contributed by atoms with van der Waals surface area (Å²) in [6.07, 6.45) is 4.53. The lowest BCUT2D eigenvalue weighted by molar-refractivity contribution is -0.131. The van der Waals surface area contributed by atoms with Crippen molar-refractivity contribution in [2.75, 3.05) is 6.54 Å². The van der Waals surface area contributed by atoms with Crippen molar-refractivity contribution in [2.45, 2.75) is 32.5 Å². The van der Waals surface area contributed by atoms with E-state index in [1.807, 2.05) is 37.4 Å². The molecule has 0 aliphatic carbocycles. The van der Waals surface area contributed by atoms with Crippen LogP contribution in [0.3, 0.4) is 0 Å². The summed E-state index contributed by atoms with van der Waals surface area (Å²) in [4.78, 5) is 18.6. The van der Waals surface area contributed by atoms with Crippen molar-refractivity contribution in [1.29, 1.82) is 0 Å². The maximum Gasteiger partial charge on any atom is 0.237 e. The zero-order valence-corrected chi connectivity index (χ0v) is 12.8. The fourth-order valence-corrected chi connectivity index (χ4v) is 2.75. The molecule has 4 heteroatoms. The molecule has 1 fully saturated rings. The highest BCUT2D eigenvalue weighted by molar-refractivity contribution is 5.82. The van der Waals surface area contributed by atoms with Crippen LogP contribution in [0.15, 0.2) is 48.8 Å². The van der Waals surface area contributed by atoms with Crippen LogP contribution < -0.4 is 5.32 Å². The van der Waals surface area contributed by atoms with Gasteiger partial charge >= 0.3 is 0 Å². The summed E-state index contributed by atoms with van der Waals surface area (Å²) in [6.45, 7) is 4.41. The number of carbonyl (C=O) groups is 1. The number of amides is 1. The molecule has 0 spiro atoms. The van der Waals surface area contributed by atoms with Gasteiger partial charge in [-0.2, -0.15) is 0 Å². The first-order valence-corrected chi connectivity index (χ1v) is 7.69. The van der Waals surface area contributed by atoms with Gasteiger partial charge in [-0.05, 0) is 36.1 Å². The van der Waals surface area contributed by atoms with E-state index in [-0.39, 0.29) is 11.9 Å². The van der Waals surface area contributed by atoms with E-state index in [9.17, 15) is 4.79 Å². The molecule has 1 unspecified atom stereocenters. The molecule has 1 N–H and O–H groups in total. The molecule has 4 nitrogen and oxygen atoms in total. The number of pyridine rings is 1. The predicted molar refractivity (Wildman–Crippen MR) is 86.1 cm³/mol. The number of benzene rings is 1. The average Bonchev–Trinajstić information content (AvgIpc) is 2.52. The van der Waals surface area contributed by atoms with Crippen LogP contribution in [0.2, 0.25) is 0 Å². The third-order valence-electron chi connectivity index (χ3n) is 4.25. The molecule has 2 heterocycles. The minimum Gasteiger partial charge on any atom is -0.351 e. The van der Waals surface area contributed by atoms with Crippen molar-refractivity contribution in [3.63, 3.8) is 0 Å². The standard InChI is InChI=1S/C18H21N3O/c1-14-11-19-9-7-16(14)12-20-18(22)17-8-10-21(17)13-15-5-3-2-4-6-15/h2-7,9,11,17H,8,10,12-13H2,1H3,(H,20,22). The Balaban J connectivity index is 1.53. The normalized spacial score (nSPS) is 17.8. The largest absolute Gasteiger partial charge is 0.351 e. The molecule has 0 saturated carbocycles. The second-order valence-corrected chi connectivity index (χ2v) is 5.78. The topological polar surface area (TPSA) is 45.2 Å². The smallest absolute Gasteiger partial charge is 0.237 e. The molecule has 0 radical (unpaired) electrons. The maximum atomic E-state index is 12.3. The van der Waals surface area contributed by atoms with Gasteiger partial charge in [0.05, 0.1) is 6.04 Å². The van der Waals surface area contributed by atoms with Gasteiger partial charge < -0.3 is 5.32 Å². The third-order valence-corrected chi connectivity index (χ3v) is 4.25. The lowest BCUT2D eigenvalue weighted by Gasteiger charge is -2.39. The quantitative estimate of drug-likeness (QED) is 0.920. The summed E-state index contributed by atoms with van der Waals surface area (Å²) in [5, 5.41) is 3.05. The molecule has 0 bridgehead atoms. The lowest BCUT2D eigenvalue weighted by atomic mass is 10.0. The molecule has 2 aromatic rings. The van der Waals surface area contributed by atoms with Crippen LogP contribution in [0.25, 0.3) is 0 Å². The van der Waals surface area contributed by atoms with Crippen LogP contribution in [0.1, 0.15) is 23.1 Å². The van der Waals surface area contributed by atoms with Crippen LogP contribution in [0.4, 0.5) is 0 Å². The Bertz CT molecular complexity index is 642. The Kier molecular flexibility index (Phi) is 4.49. The van der Waals surface area contributed by atoms with Crippen molar-refractivity contribution in [3.05, 3.63) is 65.5 Å². The number of likely N-dealkylation sites (tertiary alicyclic amines) is 1. The number of carbonyl (C=O) groups excluding carboxylic acids is 1. The SMILES string of the molecule is Cc1cnccc1CNC(=O)C1CCN1Cc1ccccc1. The maximum absolute atomic E-state index is 12.3. The van der Waals surface area contributed by atoms with Crippen LogP contribution in [0.5, 0.6) is 0 Å². The highest BCUT2D eigenvalue weighted by atomic mass is 16.2. The molecule has 1 aromatic heterocycles. The summed E-state index contributed by atoms with van der Waals surface area (Å²) in [5.41, 5.74) is 3.49. The number of nitrogens with zero attached hydrogens (tertiary/aromatic N) is 2. The van der Waals surface area contributed by atoms with Gasteiger partial charge in [0, 0.05) is 32.0 Å². The van der Waals surface area contributed by atoms with Gasteiger partial charge in [-0.3, -0.25) is 14.7 Å². The van der Waals surface area contributed by atoms with E-state index < -0.39 is 0 Å². The molecule has 3 rings (SSSR count). The highest BCUT2D eigenvalue weighted by Crippen LogP contribution is 2.20. The van der Waals surface area contributed by atoms with Crippen molar-refractivity contribution >= 4 is 5.91 Å². The predicted octanol–water partition coefficient (Wildman–Crippen LogP) is 2.28. The van der Waals surface area contributed by atoms with Gasteiger partial charge in [0.15, 0.2) is 0 Å². The van der Waals surface area contributed by atoms with Gasteiger partial charge in [-0.1, -0.05) is 30.3 Å². The van der Waals surface area contributed by atoms with E-state index in [0.717, 1.165) is 30.6 Å². The number of rotatable bonds is 5. The first-order valence-electron chi connectivity index (χ1n) is 7.69. The second kappa shape index (κ2) is 6.71. The fourth-order valence-electron chi connectivity index (χ4n) is 2.75. The van der Waals surface area contributed by atoms with Crippen LogP contribution in [0, 0.1) is 6.92 Å². The van der Waals surface area contributed by atoms with Crippen LogP contribution in [-0.2, 0) is 17.9 Å². The number of aryl methyl sites for hydroxylation is 1. The third kappa shape index (κ3) is 3.34. The number of hydrogen-bond acceptors (Lipinski definition) is 3. The first kappa shape index (κ1) is 14.7. The number of aromatic nitrogens is 1. The Hall–Kier alpha value is -2.20. The molecular formula is C18H21N3O. The molecule has 114 valence electrons. The van der Waals surface area contributed by atoms with Crippen LogP contribution in [-0.4, -0.2) is 28.4 Å². The van der Waals surface area contributed by atoms with Crippen molar-refractivity contribution in [2.24, 2.45) is 0 Å². The molecule has 22 heavy (non-hydrogen) atoms. The van der Waals surface area contributed by atoms with Gasteiger partial charge in [0.25, 0.3) is 0 Å². The number of nitrogens with one attached hydrogen (secondary N) is 1. The number of hydrogen-bond donors (Lipinski definition) is 1. The molecule has 1 aromatic carbocycles. The zero-order valence-electron chi connectivity index (χ0n) is 12.8. The minimum atomic E-state index is 0.00218. The average molecular weight is 295 g/mol. The van der Waals surface area contributed by atoms with Crippen molar-refractivity contribution in [3.8, 4) is 0 Å². The lowest BCUT2D eigenvalue weighted by Crippen LogP contribution is -2.55. The highest BCUT2D eigenvalue weighted by Gasteiger charge is 2.33. The van der Waals surface area contributed by atoms with E-state index in [0.29, 0.717) is 6.54 Å².